The first kappa shape index (κ1) is 29.0. The molecule has 0 spiro atoms. The minimum absolute atomic E-state index is 0.0259. The van der Waals surface area contributed by atoms with E-state index in [1.165, 1.54) is 27.4 Å². The molecule has 0 radical (unpaired) electrons. The van der Waals surface area contributed by atoms with Crippen LogP contribution in [0.4, 0.5) is 0 Å². The van der Waals surface area contributed by atoms with Crippen LogP contribution in [0.2, 0.25) is 0 Å². The molecule has 232 valence electrons. The Morgan fingerprint density at radius 2 is 1.86 bits per heavy atom. The quantitative estimate of drug-likeness (QED) is 0.219. The molecule has 1 saturated heterocycles. The molecule has 4 heterocycles. The molecule has 0 saturated carbocycles. The lowest BCUT2D eigenvalue weighted by atomic mass is 9.82. The number of carbonyl (C=O) groups excluding carboxylic acids is 1. The highest BCUT2D eigenvalue weighted by Gasteiger charge is 2.35. The largest absolute Gasteiger partial charge is 0.395 e. The van der Waals surface area contributed by atoms with Crippen LogP contribution in [0.25, 0.3) is 32.9 Å². The van der Waals surface area contributed by atoms with E-state index in [2.05, 4.69) is 70.0 Å². The number of aromatic nitrogens is 3. The minimum atomic E-state index is 0.0259. The molecule has 2 aliphatic heterocycles. The number of likely N-dealkylation sites (N-methyl/N-ethyl adjacent to an activating group) is 1. The Morgan fingerprint density at radius 1 is 1.07 bits per heavy atom. The first-order valence-electron chi connectivity index (χ1n) is 16.4. The molecule has 1 amide bonds. The third kappa shape index (κ3) is 5.00. The van der Waals surface area contributed by atoms with Gasteiger partial charge in [0.2, 0.25) is 0 Å². The number of rotatable bonds is 9. The zero-order chi connectivity index (χ0) is 30.5. The summed E-state index contributed by atoms with van der Waals surface area (Å²) in [6, 6.07) is 6.70. The maximum absolute atomic E-state index is 13.5. The van der Waals surface area contributed by atoms with Crippen molar-refractivity contribution in [1.82, 2.24) is 29.5 Å². The van der Waals surface area contributed by atoms with Crippen LogP contribution in [-0.4, -0.2) is 81.6 Å². The van der Waals surface area contributed by atoms with E-state index in [1.807, 2.05) is 18.7 Å². The van der Waals surface area contributed by atoms with Crippen molar-refractivity contribution in [3.05, 3.63) is 52.3 Å². The summed E-state index contributed by atoms with van der Waals surface area (Å²) >= 11 is 0. The van der Waals surface area contributed by atoms with Crippen LogP contribution in [0.3, 0.4) is 0 Å². The molecule has 9 nitrogen and oxygen atoms in total. The summed E-state index contributed by atoms with van der Waals surface area (Å²) in [4.78, 5) is 24.3. The second-order valence-electron chi connectivity index (χ2n) is 13.2. The van der Waals surface area contributed by atoms with Crippen molar-refractivity contribution in [3.63, 3.8) is 0 Å². The average molecular weight is 596 g/mol. The van der Waals surface area contributed by atoms with Gasteiger partial charge in [-0.05, 0) is 74.0 Å². The molecule has 9 heteroatoms. The second-order valence-corrected chi connectivity index (χ2v) is 13.2. The number of fused-ring (bicyclic) bond motifs is 10. The van der Waals surface area contributed by atoms with E-state index in [0.29, 0.717) is 19.1 Å². The Kier molecular flexibility index (Phi) is 7.70. The predicted octanol–water partition coefficient (Wildman–Crippen LogP) is 4.96. The number of amides is 1. The van der Waals surface area contributed by atoms with Crippen LogP contribution < -0.4 is 5.32 Å². The monoisotopic (exact) mass is 595 g/mol. The lowest BCUT2D eigenvalue weighted by Crippen LogP contribution is -2.46. The van der Waals surface area contributed by atoms with Crippen LogP contribution in [-0.2, 0) is 37.8 Å². The maximum atomic E-state index is 13.5. The topological polar surface area (TPSA) is 79.9 Å². The highest BCUT2D eigenvalue weighted by atomic mass is 16.6. The van der Waals surface area contributed by atoms with E-state index in [9.17, 15) is 4.79 Å². The Labute approximate surface area is 259 Å². The average Bonchev–Trinajstić information content (AvgIpc) is 3.69. The molecule has 2 aromatic heterocycles. The van der Waals surface area contributed by atoms with Gasteiger partial charge in [-0.25, -0.2) is 0 Å². The van der Waals surface area contributed by atoms with E-state index < -0.39 is 0 Å². The molecule has 7 rings (SSSR count). The number of carbonyl (C=O) groups is 1. The molecule has 44 heavy (non-hydrogen) atoms. The van der Waals surface area contributed by atoms with Crippen LogP contribution in [0.15, 0.2) is 29.6 Å². The van der Waals surface area contributed by atoms with Crippen LogP contribution in [0.1, 0.15) is 66.9 Å². The number of nitrogens with one attached hydrogen (secondary N) is 1. The maximum Gasteiger partial charge on any atom is 0.252 e. The highest BCUT2D eigenvalue weighted by Crippen LogP contribution is 2.47. The number of piperazine rings is 1. The minimum Gasteiger partial charge on any atom is -0.395 e. The lowest BCUT2D eigenvalue weighted by Gasteiger charge is -2.34. The van der Waals surface area contributed by atoms with E-state index in [-0.39, 0.29) is 5.91 Å². The molecule has 2 aromatic carbocycles. The van der Waals surface area contributed by atoms with Crippen molar-refractivity contribution in [3.8, 4) is 11.1 Å². The van der Waals surface area contributed by atoms with Crippen molar-refractivity contribution in [1.29, 1.82) is 0 Å². The van der Waals surface area contributed by atoms with Gasteiger partial charge in [0.25, 0.3) is 5.91 Å². The molecular formula is C35H45N7O2. The van der Waals surface area contributed by atoms with Crippen molar-refractivity contribution in [2.75, 3.05) is 45.9 Å². The Balaban J connectivity index is 1.37. The van der Waals surface area contributed by atoms with Gasteiger partial charge >= 0.3 is 0 Å². The third-order valence-electron chi connectivity index (χ3n) is 9.74. The first-order valence-corrected chi connectivity index (χ1v) is 16.4. The molecule has 0 atom stereocenters. The summed E-state index contributed by atoms with van der Waals surface area (Å²) in [5.41, 5.74) is 11.0. The summed E-state index contributed by atoms with van der Waals surface area (Å²) in [5, 5.41) is 14.8. The number of hydrogen-bond acceptors (Lipinski definition) is 6. The SMILES string of the molecule is CCN1CCN(CCCn2c3ccc(C(C)=NOCC(C)C)cc3c3c4c(c5c(c32)CCc2nn(C)cc2-5)C(=O)NC4)CC1. The van der Waals surface area contributed by atoms with Gasteiger partial charge in [0, 0.05) is 79.9 Å². The van der Waals surface area contributed by atoms with Crippen molar-refractivity contribution in [2.24, 2.45) is 18.1 Å². The van der Waals surface area contributed by atoms with Gasteiger partial charge < -0.3 is 24.5 Å². The fraction of sp³-hybridized carbons (Fsp3) is 0.514. The van der Waals surface area contributed by atoms with Crippen molar-refractivity contribution < 1.29 is 9.63 Å². The number of benzene rings is 2. The zero-order valence-corrected chi connectivity index (χ0v) is 26.9. The van der Waals surface area contributed by atoms with Gasteiger partial charge in [-0.15, -0.1) is 0 Å². The standard InChI is InChI=1S/C35H45N7O2/c1-6-40-14-16-41(17-15-40)12-7-13-42-30-11-8-24(23(4)38-44-21-22(2)3)18-26(30)32-27-19-36-35(43)33(27)31-25(34(32)42)9-10-29-28(31)20-39(5)37-29/h8,11,18,20,22H,6-7,9-10,12-17,19,21H2,1-5H3,(H,36,43). The van der Waals surface area contributed by atoms with E-state index in [4.69, 9.17) is 9.94 Å². The third-order valence-corrected chi connectivity index (χ3v) is 9.74. The molecule has 0 unspecified atom stereocenters. The molecular weight excluding hydrogens is 550 g/mol. The van der Waals surface area contributed by atoms with Gasteiger partial charge in [0.15, 0.2) is 0 Å². The van der Waals surface area contributed by atoms with Crippen LogP contribution in [0, 0.1) is 5.92 Å². The number of oxime groups is 1. The summed E-state index contributed by atoms with van der Waals surface area (Å²) in [7, 11) is 1.98. The second kappa shape index (κ2) is 11.7. The summed E-state index contributed by atoms with van der Waals surface area (Å²) in [5.74, 6) is 0.444. The van der Waals surface area contributed by atoms with Crippen molar-refractivity contribution in [2.45, 2.75) is 60.0 Å². The summed E-state index contributed by atoms with van der Waals surface area (Å²) in [6.07, 6.45) is 4.94. The van der Waals surface area contributed by atoms with Gasteiger partial charge in [0.05, 0.1) is 22.5 Å². The van der Waals surface area contributed by atoms with Crippen LogP contribution >= 0.6 is 0 Å². The zero-order valence-electron chi connectivity index (χ0n) is 26.9. The highest BCUT2D eigenvalue weighted by molar-refractivity contribution is 6.20. The normalized spacial score (nSPS) is 17.4. The van der Waals surface area contributed by atoms with Gasteiger partial charge in [-0.3, -0.25) is 9.48 Å². The van der Waals surface area contributed by atoms with E-state index in [1.54, 1.807) is 0 Å². The van der Waals surface area contributed by atoms with E-state index >= 15 is 0 Å². The Hall–Kier alpha value is -3.69. The molecule has 4 aromatic rings. The predicted molar refractivity (Wildman–Crippen MR) is 176 cm³/mol. The van der Waals surface area contributed by atoms with E-state index in [0.717, 1.165) is 104 Å². The molecule has 1 N–H and O–H groups in total. The fourth-order valence-electron chi connectivity index (χ4n) is 7.49. The molecule has 0 bridgehead atoms. The fourth-order valence-corrected chi connectivity index (χ4v) is 7.49. The molecule has 1 aliphatic carbocycles. The number of nitrogens with zero attached hydrogens (tertiary/aromatic N) is 6. The van der Waals surface area contributed by atoms with Gasteiger partial charge in [-0.1, -0.05) is 32.0 Å². The first-order chi connectivity index (χ1) is 21.3. The Bertz CT molecular complexity index is 1770. The number of aryl methyl sites for hydroxylation is 4. The molecule has 3 aliphatic rings. The molecule has 1 fully saturated rings. The summed E-state index contributed by atoms with van der Waals surface area (Å²) < 4.78 is 4.45. The summed E-state index contributed by atoms with van der Waals surface area (Å²) in [6.45, 7) is 17.4. The number of hydrogen-bond donors (Lipinski definition) is 1. The lowest BCUT2D eigenvalue weighted by molar-refractivity contribution is 0.0966. The Morgan fingerprint density at radius 3 is 2.64 bits per heavy atom. The van der Waals surface area contributed by atoms with Gasteiger partial charge in [-0.2, -0.15) is 5.10 Å². The van der Waals surface area contributed by atoms with Crippen LogP contribution in [0.5, 0.6) is 0 Å². The van der Waals surface area contributed by atoms with Gasteiger partial charge in [0.1, 0.15) is 6.61 Å². The smallest absolute Gasteiger partial charge is 0.252 e. The van der Waals surface area contributed by atoms with Crippen molar-refractivity contribution >= 4 is 33.4 Å².